The number of nitrogens with one attached hydrogen (secondary N) is 1. The van der Waals surface area contributed by atoms with E-state index in [2.05, 4.69) is 5.32 Å². The lowest BCUT2D eigenvalue weighted by atomic mass is 10.0. The molecule has 0 spiro atoms. The molecular weight excluding hydrogens is 468 g/mol. The summed E-state index contributed by atoms with van der Waals surface area (Å²) in [5.74, 6) is -0.566. The molecule has 0 radical (unpaired) electrons. The molecular formula is C26H28N2O4S2. The number of sulfone groups is 1. The van der Waals surface area contributed by atoms with Crippen molar-refractivity contribution in [2.45, 2.75) is 31.9 Å². The van der Waals surface area contributed by atoms with Gasteiger partial charge < -0.3 is 10.2 Å². The molecule has 3 aromatic rings. The van der Waals surface area contributed by atoms with Gasteiger partial charge in [-0.1, -0.05) is 42.5 Å². The highest BCUT2D eigenvalue weighted by molar-refractivity contribution is 7.89. The predicted molar refractivity (Wildman–Crippen MR) is 137 cm³/mol. The topological polar surface area (TPSA) is 83.5 Å². The average molecular weight is 497 g/mol. The summed E-state index contributed by atoms with van der Waals surface area (Å²) in [6.45, 7) is 3.36. The summed E-state index contributed by atoms with van der Waals surface area (Å²) < 4.78 is 23.4. The van der Waals surface area contributed by atoms with Crippen molar-refractivity contribution in [3.05, 3.63) is 76.9 Å². The fourth-order valence-corrected chi connectivity index (χ4v) is 6.24. The fourth-order valence-electron chi connectivity index (χ4n) is 4.26. The molecule has 0 bridgehead atoms. The van der Waals surface area contributed by atoms with Crippen molar-refractivity contribution >= 4 is 38.0 Å². The lowest BCUT2D eigenvalue weighted by molar-refractivity contribution is 0.0725. The molecule has 0 saturated carbocycles. The van der Waals surface area contributed by atoms with E-state index >= 15 is 0 Å². The van der Waals surface area contributed by atoms with Crippen molar-refractivity contribution in [3.63, 3.8) is 0 Å². The molecule has 1 aromatic heterocycles. The standard InChI is InChI=1S/C26H28N2O4S2/c1-18-22(26(30)28-14-7-4-8-15-28)25(33-23(18)20-11-5-3-6-12-20)27-24(29)21-13-9-10-19(16-21)17-34(2,31)32/h3,5-6,9-13,16H,4,7-8,14-15,17H2,1-2H3,(H,27,29). The van der Waals surface area contributed by atoms with Gasteiger partial charge in [-0.3, -0.25) is 9.59 Å². The zero-order chi connectivity index (χ0) is 24.3. The van der Waals surface area contributed by atoms with Gasteiger partial charge in [-0.2, -0.15) is 0 Å². The van der Waals surface area contributed by atoms with Crippen LogP contribution in [0.3, 0.4) is 0 Å². The first-order chi connectivity index (χ1) is 16.2. The van der Waals surface area contributed by atoms with Crippen LogP contribution in [0.25, 0.3) is 10.4 Å². The highest BCUT2D eigenvalue weighted by Crippen LogP contribution is 2.41. The highest BCUT2D eigenvalue weighted by atomic mass is 32.2. The fraction of sp³-hybridized carbons (Fsp3) is 0.308. The van der Waals surface area contributed by atoms with Crippen LogP contribution in [0.5, 0.6) is 0 Å². The van der Waals surface area contributed by atoms with Crippen LogP contribution < -0.4 is 5.32 Å². The molecule has 1 aliphatic heterocycles. The van der Waals surface area contributed by atoms with E-state index in [0.29, 0.717) is 21.7 Å². The minimum absolute atomic E-state index is 0.0586. The van der Waals surface area contributed by atoms with Gasteiger partial charge in [0.25, 0.3) is 11.8 Å². The maximum absolute atomic E-state index is 13.5. The molecule has 0 unspecified atom stereocenters. The summed E-state index contributed by atoms with van der Waals surface area (Å²) in [4.78, 5) is 29.5. The van der Waals surface area contributed by atoms with Crippen LogP contribution in [0, 0.1) is 6.92 Å². The number of hydrogen-bond acceptors (Lipinski definition) is 5. The van der Waals surface area contributed by atoms with Gasteiger partial charge in [-0.05, 0) is 55.0 Å². The van der Waals surface area contributed by atoms with E-state index in [1.54, 1.807) is 24.3 Å². The second-order valence-electron chi connectivity index (χ2n) is 8.70. The Bertz CT molecular complexity index is 1310. The number of piperidine rings is 1. The number of nitrogens with zero attached hydrogens (tertiary/aromatic N) is 1. The first-order valence-electron chi connectivity index (χ1n) is 11.3. The van der Waals surface area contributed by atoms with Gasteiger partial charge in [0.1, 0.15) is 5.00 Å². The van der Waals surface area contributed by atoms with E-state index < -0.39 is 9.84 Å². The first kappa shape index (κ1) is 24.2. The summed E-state index contributed by atoms with van der Waals surface area (Å²) >= 11 is 1.39. The summed E-state index contributed by atoms with van der Waals surface area (Å²) in [7, 11) is -3.22. The van der Waals surface area contributed by atoms with Crippen LogP contribution in [0.2, 0.25) is 0 Å². The van der Waals surface area contributed by atoms with E-state index in [0.717, 1.165) is 54.6 Å². The third-order valence-electron chi connectivity index (χ3n) is 5.88. The lowest BCUT2D eigenvalue weighted by Gasteiger charge is -2.27. The van der Waals surface area contributed by atoms with Crippen LogP contribution >= 0.6 is 11.3 Å². The summed E-state index contributed by atoms with van der Waals surface area (Å²) in [5.41, 5.74) is 3.28. The second kappa shape index (κ2) is 10.1. The quantitative estimate of drug-likeness (QED) is 0.512. The van der Waals surface area contributed by atoms with Crippen molar-refractivity contribution in [1.82, 2.24) is 4.90 Å². The molecule has 178 valence electrons. The van der Waals surface area contributed by atoms with E-state index in [-0.39, 0.29) is 17.6 Å². The Kier molecular flexibility index (Phi) is 7.19. The Balaban J connectivity index is 1.69. The third kappa shape index (κ3) is 5.56. The molecule has 2 amide bonds. The van der Waals surface area contributed by atoms with Crippen LogP contribution in [0.1, 0.15) is 51.1 Å². The van der Waals surface area contributed by atoms with Crippen molar-refractivity contribution in [3.8, 4) is 10.4 Å². The largest absolute Gasteiger partial charge is 0.339 e. The zero-order valence-corrected chi connectivity index (χ0v) is 21.0. The molecule has 6 nitrogen and oxygen atoms in total. The van der Waals surface area contributed by atoms with Gasteiger partial charge >= 0.3 is 0 Å². The van der Waals surface area contributed by atoms with Gasteiger partial charge in [0, 0.05) is 29.8 Å². The summed E-state index contributed by atoms with van der Waals surface area (Å²) in [5, 5.41) is 3.47. The number of carbonyl (C=O) groups excluding carboxylic acids is 2. The van der Waals surface area contributed by atoms with Crippen LogP contribution in [-0.4, -0.2) is 44.5 Å². The van der Waals surface area contributed by atoms with Gasteiger partial charge in [0.15, 0.2) is 9.84 Å². The van der Waals surface area contributed by atoms with Gasteiger partial charge in [-0.15, -0.1) is 11.3 Å². The molecule has 0 atom stereocenters. The van der Waals surface area contributed by atoms with Crippen LogP contribution in [0.4, 0.5) is 5.00 Å². The predicted octanol–water partition coefficient (Wildman–Crippen LogP) is 5.15. The van der Waals surface area contributed by atoms with Gasteiger partial charge in [0.05, 0.1) is 11.3 Å². The molecule has 1 saturated heterocycles. The number of thiophene rings is 1. The zero-order valence-electron chi connectivity index (χ0n) is 19.3. The van der Waals surface area contributed by atoms with Gasteiger partial charge in [-0.25, -0.2) is 8.42 Å². The van der Waals surface area contributed by atoms with Crippen molar-refractivity contribution in [2.24, 2.45) is 0 Å². The Hall–Kier alpha value is -2.97. The maximum atomic E-state index is 13.5. The number of carbonyl (C=O) groups is 2. The van der Waals surface area contributed by atoms with Gasteiger partial charge in [0.2, 0.25) is 0 Å². The summed E-state index contributed by atoms with van der Waals surface area (Å²) in [6, 6.07) is 16.4. The number of anilines is 1. The van der Waals surface area contributed by atoms with E-state index in [9.17, 15) is 18.0 Å². The van der Waals surface area contributed by atoms with Crippen molar-refractivity contribution < 1.29 is 18.0 Å². The van der Waals surface area contributed by atoms with Crippen molar-refractivity contribution in [2.75, 3.05) is 24.7 Å². The van der Waals surface area contributed by atoms with Crippen LogP contribution in [-0.2, 0) is 15.6 Å². The first-order valence-corrected chi connectivity index (χ1v) is 14.2. The molecule has 1 N–H and O–H groups in total. The van der Waals surface area contributed by atoms with Crippen molar-refractivity contribution in [1.29, 1.82) is 0 Å². The third-order valence-corrected chi connectivity index (χ3v) is 8.00. The van der Waals surface area contributed by atoms with Crippen LogP contribution in [0.15, 0.2) is 54.6 Å². The molecule has 1 fully saturated rings. The highest BCUT2D eigenvalue weighted by Gasteiger charge is 2.28. The second-order valence-corrected chi connectivity index (χ2v) is 11.9. The number of rotatable bonds is 6. The normalized spacial score (nSPS) is 14.1. The minimum Gasteiger partial charge on any atom is -0.339 e. The SMILES string of the molecule is Cc1c(-c2ccccc2)sc(NC(=O)c2cccc(CS(C)(=O)=O)c2)c1C(=O)N1CCCCC1. The monoisotopic (exact) mass is 496 g/mol. The number of hydrogen-bond donors (Lipinski definition) is 1. The smallest absolute Gasteiger partial charge is 0.257 e. The van der Waals surface area contributed by atoms with E-state index in [1.165, 1.54) is 11.3 Å². The maximum Gasteiger partial charge on any atom is 0.257 e. The molecule has 0 aliphatic carbocycles. The molecule has 2 aromatic carbocycles. The average Bonchev–Trinajstić information content (AvgIpc) is 3.14. The molecule has 8 heteroatoms. The summed E-state index contributed by atoms with van der Waals surface area (Å²) in [6.07, 6.45) is 4.25. The Labute approximate surface area is 204 Å². The molecule has 2 heterocycles. The minimum atomic E-state index is -3.22. The Morgan fingerprint density at radius 3 is 2.38 bits per heavy atom. The molecule has 1 aliphatic rings. The molecule has 4 rings (SSSR count). The molecule has 34 heavy (non-hydrogen) atoms. The van der Waals surface area contributed by atoms with E-state index in [1.807, 2.05) is 42.2 Å². The number of benzene rings is 2. The number of amides is 2. The number of likely N-dealkylation sites (tertiary alicyclic amines) is 1. The van der Waals surface area contributed by atoms with E-state index in [4.69, 9.17) is 0 Å². The Morgan fingerprint density at radius 1 is 1.00 bits per heavy atom. The lowest BCUT2D eigenvalue weighted by Crippen LogP contribution is -2.36. The Morgan fingerprint density at radius 2 is 1.71 bits per heavy atom.